The summed E-state index contributed by atoms with van der Waals surface area (Å²) in [5.41, 5.74) is 4.85. The van der Waals surface area contributed by atoms with Gasteiger partial charge in [0.05, 0.1) is 12.1 Å². The van der Waals surface area contributed by atoms with Gasteiger partial charge < -0.3 is 21.1 Å². The standard InChI is InChI=1S/C10H22N4O/c1-10(15,7-14(2)3)6-12-9(11)13-8-4-5-8/h8,15H,4-7H2,1-3H3,(H3,11,12,13). The van der Waals surface area contributed by atoms with Crippen molar-refractivity contribution in [3.63, 3.8) is 0 Å². The predicted octanol–water partition coefficient (Wildman–Crippen LogP) is -0.634. The third kappa shape index (κ3) is 5.59. The highest BCUT2D eigenvalue weighted by atomic mass is 16.3. The van der Waals surface area contributed by atoms with Gasteiger partial charge in [0.25, 0.3) is 0 Å². The second kappa shape index (κ2) is 4.81. The zero-order valence-electron chi connectivity index (χ0n) is 9.82. The van der Waals surface area contributed by atoms with Gasteiger partial charge in [-0.05, 0) is 33.9 Å². The van der Waals surface area contributed by atoms with Crippen LogP contribution in [0.1, 0.15) is 19.8 Å². The normalized spacial score (nSPS) is 21.5. The molecule has 0 bridgehead atoms. The van der Waals surface area contributed by atoms with Gasteiger partial charge in [0.1, 0.15) is 0 Å². The van der Waals surface area contributed by atoms with Gasteiger partial charge >= 0.3 is 0 Å². The molecule has 0 amide bonds. The van der Waals surface area contributed by atoms with Crippen LogP contribution < -0.4 is 11.1 Å². The lowest BCUT2D eigenvalue weighted by molar-refractivity contribution is 0.0424. The van der Waals surface area contributed by atoms with Crippen molar-refractivity contribution in [2.24, 2.45) is 10.7 Å². The highest BCUT2D eigenvalue weighted by Gasteiger charge is 2.23. The van der Waals surface area contributed by atoms with Gasteiger partial charge in [-0.15, -0.1) is 0 Å². The number of nitrogens with two attached hydrogens (primary N) is 1. The molecule has 1 aliphatic rings. The summed E-state index contributed by atoms with van der Waals surface area (Å²) in [6.45, 7) is 2.67. The quantitative estimate of drug-likeness (QED) is 0.421. The Bertz CT molecular complexity index is 234. The molecular formula is C10H22N4O. The summed E-state index contributed by atoms with van der Waals surface area (Å²) in [6, 6.07) is 0.507. The van der Waals surface area contributed by atoms with Crippen LogP contribution in [0.3, 0.4) is 0 Å². The van der Waals surface area contributed by atoms with Crippen LogP contribution in [0, 0.1) is 0 Å². The third-order valence-corrected chi connectivity index (χ3v) is 2.18. The Morgan fingerprint density at radius 3 is 2.67 bits per heavy atom. The maximum absolute atomic E-state index is 9.95. The van der Waals surface area contributed by atoms with Gasteiger partial charge in [-0.2, -0.15) is 0 Å². The average molecular weight is 214 g/mol. The molecule has 1 saturated carbocycles. The molecule has 5 nitrogen and oxygen atoms in total. The minimum atomic E-state index is -0.820. The van der Waals surface area contributed by atoms with Crippen molar-refractivity contribution in [1.82, 2.24) is 10.2 Å². The highest BCUT2D eigenvalue weighted by molar-refractivity contribution is 5.78. The summed E-state index contributed by atoms with van der Waals surface area (Å²) < 4.78 is 0. The number of hydrogen-bond acceptors (Lipinski definition) is 3. The molecule has 0 aromatic carbocycles. The van der Waals surface area contributed by atoms with Crippen LogP contribution in [-0.2, 0) is 0 Å². The van der Waals surface area contributed by atoms with Crippen LogP contribution in [0.15, 0.2) is 4.99 Å². The summed E-state index contributed by atoms with van der Waals surface area (Å²) in [5.74, 6) is 0.441. The molecule has 1 fully saturated rings. The monoisotopic (exact) mass is 214 g/mol. The molecule has 0 radical (unpaired) electrons. The fourth-order valence-corrected chi connectivity index (χ4v) is 1.47. The maximum Gasteiger partial charge on any atom is 0.188 e. The summed E-state index contributed by atoms with van der Waals surface area (Å²) >= 11 is 0. The lowest BCUT2D eigenvalue weighted by atomic mass is 10.1. The molecule has 0 heterocycles. The summed E-state index contributed by atoms with van der Waals surface area (Å²) in [6.07, 6.45) is 2.34. The van der Waals surface area contributed by atoms with E-state index >= 15 is 0 Å². The number of rotatable bonds is 5. The Kier molecular flexibility index (Phi) is 3.93. The number of aliphatic imine (C=N–C) groups is 1. The first-order valence-electron chi connectivity index (χ1n) is 5.33. The predicted molar refractivity (Wildman–Crippen MR) is 61.8 cm³/mol. The van der Waals surface area contributed by atoms with E-state index < -0.39 is 5.60 Å². The number of nitrogens with zero attached hydrogens (tertiary/aromatic N) is 2. The molecule has 0 spiro atoms. The van der Waals surface area contributed by atoms with Crippen LogP contribution in [0.2, 0.25) is 0 Å². The van der Waals surface area contributed by atoms with E-state index in [2.05, 4.69) is 10.3 Å². The first-order valence-corrected chi connectivity index (χ1v) is 5.33. The molecular weight excluding hydrogens is 192 g/mol. The van der Waals surface area contributed by atoms with Crippen LogP contribution in [-0.4, -0.2) is 54.8 Å². The first kappa shape index (κ1) is 12.3. The van der Waals surface area contributed by atoms with Crippen LogP contribution in [0.4, 0.5) is 0 Å². The zero-order valence-corrected chi connectivity index (χ0v) is 9.82. The van der Waals surface area contributed by atoms with Gasteiger partial charge in [0.15, 0.2) is 5.96 Å². The molecule has 1 aliphatic carbocycles. The largest absolute Gasteiger partial charge is 0.387 e. The van der Waals surface area contributed by atoms with Gasteiger partial charge in [0.2, 0.25) is 0 Å². The van der Waals surface area contributed by atoms with E-state index in [9.17, 15) is 5.11 Å². The Morgan fingerprint density at radius 1 is 1.60 bits per heavy atom. The lowest BCUT2D eigenvalue weighted by Crippen LogP contribution is -2.42. The van der Waals surface area contributed by atoms with Crippen molar-refractivity contribution in [2.75, 3.05) is 27.2 Å². The molecule has 0 aromatic rings. The SMILES string of the molecule is CN(C)CC(C)(O)CN=C(N)NC1CC1. The number of aliphatic hydroxyl groups is 1. The van der Waals surface area contributed by atoms with Crippen molar-refractivity contribution in [2.45, 2.75) is 31.4 Å². The summed E-state index contributed by atoms with van der Waals surface area (Å²) in [7, 11) is 3.84. The summed E-state index contributed by atoms with van der Waals surface area (Å²) in [4.78, 5) is 6.07. The Morgan fingerprint density at radius 2 is 2.20 bits per heavy atom. The maximum atomic E-state index is 9.95. The number of likely N-dealkylation sites (N-methyl/N-ethyl adjacent to an activating group) is 1. The highest BCUT2D eigenvalue weighted by Crippen LogP contribution is 2.18. The second-order valence-corrected chi connectivity index (χ2v) is 4.85. The minimum Gasteiger partial charge on any atom is -0.387 e. The zero-order chi connectivity index (χ0) is 11.5. The van der Waals surface area contributed by atoms with Crippen molar-refractivity contribution >= 4 is 5.96 Å². The van der Waals surface area contributed by atoms with E-state index in [1.165, 1.54) is 12.8 Å². The van der Waals surface area contributed by atoms with E-state index in [0.29, 0.717) is 25.1 Å². The second-order valence-electron chi connectivity index (χ2n) is 4.85. The molecule has 15 heavy (non-hydrogen) atoms. The first-order chi connectivity index (χ1) is 6.89. The molecule has 1 rings (SSSR count). The Labute approximate surface area is 91.4 Å². The van der Waals surface area contributed by atoms with Gasteiger partial charge in [-0.1, -0.05) is 0 Å². The molecule has 5 heteroatoms. The number of guanidine groups is 1. The van der Waals surface area contributed by atoms with Gasteiger partial charge in [-0.3, -0.25) is 4.99 Å². The topological polar surface area (TPSA) is 73.9 Å². The van der Waals surface area contributed by atoms with Gasteiger partial charge in [0, 0.05) is 12.6 Å². The molecule has 88 valence electrons. The van der Waals surface area contributed by atoms with Crippen LogP contribution >= 0.6 is 0 Å². The molecule has 4 N–H and O–H groups in total. The van der Waals surface area contributed by atoms with Crippen molar-refractivity contribution in [1.29, 1.82) is 0 Å². The number of nitrogens with one attached hydrogen (secondary N) is 1. The molecule has 0 saturated heterocycles. The van der Waals surface area contributed by atoms with Crippen molar-refractivity contribution in [3.8, 4) is 0 Å². The number of hydrogen-bond donors (Lipinski definition) is 3. The van der Waals surface area contributed by atoms with E-state index in [1.807, 2.05) is 19.0 Å². The van der Waals surface area contributed by atoms with Crippen LogP contribution in [0.25, 0.3) is 0 Å². The van der Waals surface area contributed by atoms with Crippen LogP contribution in [0.5, 0.6) is 0 Å². The Hall–Kier alpha value is -0.810. The van der Waals surface area contributed by atoms with Gasteiger partial charge in [-0.25, -0.2) is 0 Å². The fourth-order valence-electron chi connectivity index (χ4n) is 1.47. The van der Waals surface area contributed by atoms with E-state index in [1.54, 1.807) is 6.92 Å². The molecule has 1 atom stereocenters. The third-order valence-electron chi connectivity index (χ3n) is 2.18. The Balaban J connectivity index is 2.31. The minimum absolute atomic E-state index is 0.330. The van der Waals surface area contributed by atoms with Crippen molar-refractivity contribution in [3.05, 3.63) is 0 Å². The smallest absolute Gasteiger partial charge is 0.188 e. The van der Waals surface area contributed by atoms with Crippen molar-refractivity contribution < 1.29 is 5.11 Å². The molecule has 1 unspecified atom stereocenters. The van der Waals surface area contributed by atoms with E-state index in [0.717, 1.165) is 0 Å². The fraction of sp³-hybridized carbons (Fsp3) is 0.900. The average Bonchev–Trinajstić information content (AvgIpc) is 2.82. The molecule has 0 aromatic heterocycles. The van der Waals surface area contributed by atoms with E-state index in [4.69, 9.17) is 5.73 Å². The lowest BCUT2D eigenvalue weighted by Gasteiger charge is -2.25. The summed E-state index contributed by atoms with van der Waals surface area (Å²) in [5, 5.41) is 13.0. The molecule has 0 aliphatic heterocycles. The van der Waals surface area contributed by atoms with E-state index in [-0.39, 0.29) is 0 Å².